The van der Waals surface area contributed by atoms with Crippen molar-refractivity contribution < 1.29 is 23.6 Å². The number of quaternary nitrogens is 1. The average molecular weight is 757 g/mol. The van der Waals surface area contributed by atoms with E-state index in [1.807, 2.05) is 0 Å². The van der Waals surface area contributed by atoms with Gasteiger partial charge in [0.25, 0.3) is 0 Å². The molecule has 0 aromatic rings. The lowest BCUT2D eigenvalue weighted by Crippen LogP contribution is -2.49. The highest BCUT2D eigenvalue weighted by Gasteiger charge is 2.23. The number of nitrogens with zero attached hydrogens (tertiary/aromatic N) is 1. The molecule has 0 fully saturated rings. The highest BCUT2D eigenvalue weighted by Crippen LogP contribution is 2.11. The van der Waals surface area contributed by atoms with Crippen molar-refractivity contribution >= 4 is 17.8 Å². The van der Waals surface area contributed by atoms with Crippen molar-refractivity contribution in [1.82, 2.24) is 10.6 Å². The predicted molar refractivity (Wildman–Crippen MR) is 231 cm³/mol. The van der Waals surface area contributed by atoms with Crippen LogP contribution in [0.5, 0.6) is 0 Å². The first-order chi connectivity index (χ1) is 26.2. The molecule has 1 atom stereocenters. The van der Waals surface area contributed by atoms with Crippen LogP contribution in [0, 0.1) is 0 Å². The van der Waals surface area contributed by atoms with Crippen LogP contribution in [0.1, 0.15) is 187 Å². The number of hydrogen-bond donors (Lipinski definition) is 2. The molecule has 0 saturated heterocycles. The van der Waals surface area contributed by atoms with Gasteiger partial charge in [0.2, 0.25) is 11.8 Å². The lowest BCUT2D eigenvalue weighted by atomic mass is 10.1. The van der Waals surface area contributed by atoms with Gasteiger partial charge >= 0.3 is 5.97 Å². The Morgan fingerprint density at radius 1 is 0.519 bits per heavy atom. The minimum absolute atomic E-state index is 0.0601. The Morgan fingerprint density at radius 2 is 0.944 bits per heavy atom. The molecule has 0 aliphatic carbocycles. The number of hydrogen-bond acceptors (Lipinski definition) is 4. The number of allylic oxidation sites excluding steroid dienone is 8. The molecule has 2 N–H and O–H groups in total. The van der Waals surface area contributed by atoms with Crippen LogP contribution < -0.4 is 10.6 Å². The maximum Gasteiger partial charge on any atom is 0.330 e. The van der Waals surface area contributed by atoms with E-state index in [2.05, 4.69) is 94.2 Å². The van der Waals surface area contributed by atoms with Gasteiger partial charge in [0, 0.05) is 19.4 Å². The van der Waals surface area contributed by atoms with Crippen LogP contribution in [0.15, 0.2) is 48.6 Å². The Hall–Kier alpha value is -2.67. The van der Waals surface area contributed by atoms with E-state index in [1.54, 1.807) is 0 Å². The van der Waals surface area contributed by atoms with Crippen molar-refractivity contribution in [2.75, 3.05) is 40.8 Å². The zero-order valence-corrected chi connectivity index (χ0v) is 36.0. The molecular formula is C47H86N3O4+. The van der Waals surface area contributed by atoms with E-state index in [0.717, 1.165) is 94.5 Å². The van der Waals surface area contributed by atoms with Crippen LogP contribution in [0.4, 0.5) is 0 Å². The largest absolute Gasteiger partial charge is 0.464 e. The van der Waals surface area contributed by atoms with Gasteiger partial charge in [-0.05, 0) is 89.9 Å². The number of ether oxygens (including phenoxy) is 1. The SMILES string of the molecule is CCCCC/C=C\C/C=C\CCCCCCCCOC(=O)C(CNC(=O)CCCC[N+](C)(C)C)NC(=O)CCCCCCC/C=C\C/C=C\CCCCC. The van der Waals surface area contributed by atoms with E-state index in [1.165, 1.54) is 77.0 Å². The molecule has 312 valence electrons. The second-order valence-corrected chi connectivity index (χ2v) is 16.1. The van der Waals surface area contributed by atoms with Crippen LogP contribution in [-0.4, -0.2) is 69.1 Å². The highest BCUT2D eigenvalue weighted by atomic mass is 16.5. The van der Waals surface area contributed by atoms with Gasteiger partial charge in [-0.3, -0.25) is 9.59 Å². The Morgan fingerprint density at radius 3 is 1.44 bits per heavy atom. The highest BCUT2D eigenvalue weighted by molar-refractivity contribution is 5.85. The number of esters is 1. The van der Waals surface area contributed by atoms with E-state index >= 15 is 0 Å². The first-order valence-corrected chi connectivity index (χ1v) is 22.3. The fourth-order valence-corrected chi connectivity index (χ4v) is 6.10. The number of unbranched alkanes of at least 4 members (excludes halogenated alkanes) is 18. The molecule has 0 aliphatic rings. The second-order valence-electron chi connectivity index (χ2n) is 16.1. The number of carbonyl (C=O) groups excluding carboxylic acids is 3. The fraction of sp³-hybridized carbons (Fsp3) is 0.766. The zero-order chi connectivity index (χ0) is 39.8. The van der Waals surface area contributed by atoms with Crippen molar-refractivity contribution in [2.24, 2.45) is 0 Å². The normalized spacial score (nSPS) is 12.8. The molecule has 7 heteroatoms. The number of rotatable bonds is 38. The van der Waals surface area contributed by atoms with E-state index in [9.17, 15) is 14.4 Å². The Labute approximate surface area is 333 Å². The van der Waals surface area contributed by atoms with E-state index in [-0.39, 0.29) is 18.4 Å². The summed E-state index contributed by atoms with van der Waals surface area (Å²) in [5.41, 5.74) is 0. The van der Waals surface area contributed by atoms with E-state index in [0.29, 0.717) is 19.4 Å². The van der Waals surface area contributed by atoms with Crippen LogP contribution >= 0.6 is 0 Å². The molecular weight excluding hydrogens is 671 g/mol. The number of amides is 2. The van der Waals surface area contributed by atoms with Gasteiger partial charge in [-0.25, -0.2) is 4.79 Å². The summed E-state index contributed by atoms with van der Waals surface area (Å²) in [6.45, 7) is 5.88. The van der Waals surface area contributed by atoms with Crippen LogP contribution in [0.2, 0.25) is 0 Å². The van der Waals surface area contributed by atoms with E-state index in [4.69, 9.17) is 4.74 Å². The summed E-state index contributed by atoms with van der Waals surface area (Å²) in [6.07, 6.45) is 47.0. The molecule has 0 radical (unpaired) electrons. The van der Waals surface area contributed by atoms with Crippen LogP contribution in [0.3, 0.4) is 0 Å². The van der Waals surface area contributed by atoms with Gasteiger partial charge in [-0.15, -0.1) is 0 Å². The lowest BCUT2D eigenvalue weighted by molar-refractivity contribution is -0.870. The average Bonchev–Trinajstić information content (AvgIpc) is 3.14. The molecule has 0 spiro atoms. The number of nitrogens with one attached hydrogen (secondary N) is 2. The molecule has 2 amide bonds. The van der Waals surface area contributed by atoms with Crippen molar-refractivity contribution in [2.45, 2.75) is 193 Å². The van der Waals surface area contributed by atoms with E-state index < -0.39 is 12.0 Å². The molecule has 0 rings (SSSR count). The lowest BCUT2D eigenvalue weighted by Gasteiger charge is -2.23. The van der Waals surface area contributed by atoms with Crippen molar-refractivity contribution in [3.05, 3.63) is 48.6 Å². The Balaban J connectivity index is 4.37. The Kier molecular flexibility index (Phi) is 36.7. The third kappa shape index (κ3) is 39.0. The monoisotopic (exact) mass is 757 g/mol. The zero-order valence-electron chi connectivity index (χ0n) is 36.0. The Bertz CT molecular complexity index is 1010. The van der Waals surface area contributed by atoms with Gasteiger partial charge < -0.3 is 19.9 Å². The van der Waals surface area contributed by atoms with Crippen LogP contribution in [0.25, 0.3) is 0 Å². The minimum atomic E-state index is -0.865. The molecule has 54 heavy (non-hydrogen) atoms. The van der Waals surface area contributed by atoms with Crippen molar-refractivity contribution in [1.29, 1.82) is 0 Å². The molecule has 0 heterocycles. The quantitative estimate of drug-likeness (QED) is 0.0284. The fourth-order valence-electron chi connectivity index (χ4n) is 6.10. The summed E-state index contributed by atoms with van der Waals surface area (Å²) >= 11 is 0. The van der Waals surface area contributed by atoms with Crippen molar-refractivity contribution in [3.8, 4) is 0 Å². The molecule has 1 unspecified atom stereocenters. The first kappa shape index (κ1) is 51.3. The minimum Gasteiger partial charge on any atom is -0.464 e. The molecule has 0 aromatic carbocycles. The first-order valence-electron chi connectivity index (χ1n) is 22.3. The van der Waals surface area contributed by atoms with Gasteiger partial charge in [0.15, 0.2) is 0 Å². The van der Waals surface area contributed by atoms with Gasteiger partial charge in [-0.1, -0.05) is 133 Å². The summed E-state index contributed by atoms with van der Waals surface area (Å²) in [7, 11) is 6.43. The van der Waals surface area contributed by atoms with Gasteiger partial charge in [-0.2, -0.15) is 0 Å². The third-order valence-electron chi connectivity index (χ3n) is 9.55. The smallest absolute Gasteiger partial charge is 0.330 e. The molecule has 0 bridgehead atoms. The predicted octanol–water partition coefficient (Wildman–Crippen LogP) is 11.6. The summed E-state index contributed by atoms with van der Waals surface area (Å²) < 4.78 is 6.46. The molecule has 7 nitrogen and oxygen atoms in total. The topological polar surface area (TPSA) is 84.5 Å². The summed E-state index contributed by atoms with van der Waals surface area (Å²) in [5.74, 6) is -0.716. The van der Waals surface area contributed by atoms with Crippen LogP contribution in [-0.2, 0) is 19.1 Å². The molecule has 0 aromatic heterocycles. The number of carbonyl (C=O) groups is 3. The summed E-state index contributed by atoms with van der Waals surface area (Å²) in [6, 6.07) is -0.865. The maximum atomic E-state index is 13.0. The second kappa shape index (κ2) is 38.6. The molecule has 0 aliphatic heterocycles. The van der Waals surface area contributed by atoms with Crippen molar-refractivity contribution in [3.63, 3.8) is 0 Å². The summed E-state index contributed by atoms with van der Waals surface area (Å²) in [4.78, 5) is 38.4. The maximum absolute atomic E-state index is 13.0. The third-order valence-corrected chi connectivity index (χ3v) is 9.55. The summed E-state index contributed by atoms with van der Waals surface area (Å²) in [5, 5.41) is 5.73. The van der Waals surface area contributed by atoms with Gasteiger partial charge in [0.1, 0.15) is 6.04 Å². The molecule has 0 saturated carbocycles. The van der Waals surface area contributed by atoms with Gasteiger partial charge in [0.05, 0.1) is 34.3 Å². The standard InChI is InChI=1S/C47H85N3O4/c1-6-8-10-12-14-16-18-20-22-24-26-28-30-32-34-38-42-54-47(53)44(43-48-45(51)39-36-37-41-50(3,4)5)49-46(52)40-35-33-31-29-27-25-23-21-19-17-15-13-11-9-7-2/h14-17,20-23,44H,6-13,18-19,24-43H2,1-5H3,(H-,48,49,51,52)/p+1/b16-14-,17-15-,22-20-,23-21-.